The largest absolute Gasteiger partial charge is 0.313 e. The highest BCUT2D eigenvalue weighted by Gasteiger charge is 2.56. The lowest BCUT2D eigenvalue weighted by atomic mass is 9.52. The molecule has 3 rings (SSSR count). The van der Waals surface area contributed by atoms with Crippen molar-refractivity contribution in [1.29, 1.82) is 0 Å². The molecule has 1 heterocycles. The van der Waals surface area contributed by atoms with E-state index in [2.05, 4.69) is 26.1 Å². The van der Waals surface area contributed by atoms with Crippen LogP contribution in [0.2, 0.25) is 0 Å². The average molecular weight is 320 g/mol. The van der Waals surface area contributed by atoms with E-state index in [4.69, 9.17) is 0 Å². The molecule has 2 aliphatic carbocycles. The fourth-order valence-corrected chi connectivity index (χ4v) is 6.69. The number of hydrogen-bond donors (Lipinski definition) is 1. The molecular weight excluding hydrogens is 278 g/mol. The van der Waals surface area contributed by atoms with E-state index in [0.29, 0.717) is 5.41 Å². The van der Waals surface area contributed by atoms with Crippen molar-refractivity contribution >= 4 is 0 Å². The van der Waals surface area contributed by atoms with Gasteiger partial charge in [-0.25, -0.2) is 0 Å². The normalized spacial score (nSPS) is 46.8. The van der Waals surface area contributed by atoms with Gasteiger partial charge in [0.15, 0.2) is 0 Å². The highest BCUT2D eigenvalue weighted by Crippen LogP contribution is 2.58. The predicted molar refractivity (Wildman–Crippen MR) is 101 cm³/mol. The van der Waals surface area contributed by atoms with E-state index in [1.807, 2.05) is 0 Å². The molecule has 0 unspecified atom stereocenters. The van der Waals surface area contributed by atoms with Crippen LogP contribution in [-0.2, 0) is 0 Å². The maximum Gasteiger partial charge on any atom is 0.00757 e. The van der Waals surface area contributed by atoms with Crippen LogP contribution in [0.25, 0.3) is 0 Å². The molecule has 0 aromatic rings. The van der Waals surface area contributed by atoms with Crippen molar-refractivity contribution in [2.75, 3.05) is 6.54 Å². The summed E-state index contributed by atoms with van der Waals surface area (Å²) in [5.74, 6) is 3.77. The molecule has 6 atom stereocenters. The van der Waals surface area contributed by atoms with Crippen molar-refractivity contribution in [3.8, 4) is 0 Å². The summed E-state index contributed by atoms with van der Waals surface area (Å²) in [6.45, 7) is 8.91. The molecule has 0 aromatic heterocycles. The number of rotatable bonds is 0. The summed E-state index contributed by atoms with van der Waals surface area (Å²) in [7, 11) is 0. The zero-order chi connectivity index (χ0) is 16.3. The zero-order valence-electron chi connectivity index (χ0n) is 16.1. The molecule has 3 aliphatic rings. The quantitative estimate of drug-likeness (QED) is 0.562. The van der Waals surface area contributed by atoms with Gasteiger partial charge in [0.05, 0.1) is 0 Å². The predicted octanol–water partition coefficient (Wildman–Crippen LogP) is 6.18. The molecule has 0 radical (unpaired) electrons. The van der Waals surface area contributed by atoms with Crippen molar-refractivity contribution in [3.05, 3.63) is 0 Å². The van der Waals surface area contributed by atoms with Crippen molar-refractivity contribution in [2.45, 2.75) is 104 Å². The van der Waals surface area contributed by atoms with Crippen LogP contribution in [0.1, 0.15) is 97.8 Å². The van der Waals surface area contributed by atoms with Crippen LogP contribution in [0.15, 0.2) is 0 Å². The summed E-state index contributed by atoms with van der Waals surface area (Å²) >= 11 is 0. The molecule has 1 N–H and O–H groups in total. The van der Waals surface area contributed by atoms with Gasteiger partial charge >= 0.3 is 0 Å². The standard InChI is InChI=1S/C22H41N/c1-17-15-20-13-11-9-7-5-4-6-8-10-12-14-22(20)16-23-19(3)21(22)18(17)2/h17-21,23H,4-16H2,1-3H3/t17-,18-,19+,20+,21+,22+/m1/s1. The molecule has 3 fully saturated rings. The molecule has 2 saturated carbocycles. The van der Waals surface area contributed by atoms with Crippen LogP contribution < -0.4 is 5.32 Å². The Kier molecular flexibility index (Phi) is 6.10. The second-order valence-corrected chi connectivity index (χ2v) is 9.42. The van der Waals surface area contributed by atoms with E-state index >= 15 is 0 Å². The molecule has 1 nitrogen and oxygen atoms in total. The lowest BCUT2D eigenvalue weighted by Crippen LogP contribution is -2.48. The van der Waals surface area contributed by atoms with Gasteiger partial charge in [-0.05, 0) is 55.3 Å². The molecule has 23 heavy (non-hydrogen) atoms. The lowest BCUT2D eigenvalue weighted by molar-refractivity contribution is -0.0273. The summed E-state index contributed by atoms with van der Waals surface area (Å²) in [4.78, 5) is 0. The van der Waals surface area contributed by atoms with Gasteiger partial charge in [0.1, 0.15) is 0 Å². The molecule has 1 spiro atoms. The maximum atomic E-state index is 3.93. The summed E-state index contributed by atoms with van der Waals surface area (Å²) in [5.41, 5.74) is 0.638. The van der Waals surface area contributed by atoms with Crippen LogP contribution >= 0.6 is 0 Å². The topological polar surface area (TPSA) is 12.0 Å². The Hall–Kier alpha value is -0.0400. The lowest BCUT2D eigenvalue weighted by Gasteiger charge is -2.52. The maximum absolute atomic E-state index is 3.93. The Balaban J connectivity index is 1.79. The summed E-state index contributed by atoms with van der Waals surface area (Å²) in [5, 5.41) is 3.93. The van der Waals surface area contributed by atoms with Gasteiger partial charge in [0, 0.05) is 12.6 Å². The molecule has 0 amide bonds. The Morgan fingerprint density at radius 3 is 2.09 bits per heavy atom. The third-order valence-corrected chi connectivity index (χ3v) is 8.08. The summed E-state index contributed by atoms with van der Waals surface area (Å²) in [6.07, 6.45) is 17.9. The van der Waals surface area contributed by atoms with Crippen molar-refractivity contribution < 1.29 is 0 Å². The minimum atomic E-state index is 0.638. The SMILES string of the molecule is C[C@H]1[C@H]2[C@H](C)NC[C@]23CCCCCCCCCCC[C@H]3C[C@H]1C. The van der Waals surface area contributed by atoms with Crippen LogP contribution in [0.3, 0.4) is 0 Å². The smallest absolute Gasteiger partial charge is 0.00757 e. The van der Waals surface area contributed by atoms with Crippen molar-refractivity contribution in [3.63, 3.8) is 0 Å². The second-order valence-electron chi connectivity index (χ2n) is 9.42. The van der Waals surface area contributed by atoms with E-state index in [1.54, 1.807) is 0 Å². The first-order chi connectivity index (χ1) is 11.1. The van der Waals surface area contributed by atoms with E-state index in [9.17, 15) is 0 Å². The Labute approximate surface area is 145 Å². The summed E-state index contributed by atoms with van der Waals surface area (Å²) in [6, 6.07) is 0.742. The number of hydrogen-bond acceptors (Lipinski definition) is 1. The molecule has 1 heteroatoms. The van der Waals surface area contributed by atoms with Crippen LogP contribution in [-0.4, -0.2) is 12.6 Å². The van der Waals surface area contributed by atoms with Gasteiger partial charge in [0.25, 0.3) is 0 Å². The summed E-state index contributed by atoms with van der Waals surface area (Å²) < 4.78 is 0. The molecule has 1 saturated heterocycles. The molecule has 134 valence electrons. The van der Waals surface area contributed by atoms with E-state index in [1.165, 1.54) is 83.6 Å². The fourth-order valence-electron chi connectivity index (χ4n) is 6.69. The monoisotopic (exact) mass is 319 g/mol. The number of nitrogens with one attached hydrogen (secondary N) is 1. The van der Waals surface area contributed by atoms with Crippen LogP contribution in [0.5, 0.6) is 0 Å². The van der Waals surface area contributed by atoms with E-state index in [0.717, 1.165) is 29.7 Å². The first-order valence-electron chi connectivity index (χ1n) is 10.9. The van der Waals surface area contributed by atoms with Gasteiger partial charge in [-0.1, -0.05) is 71.6 Å². The van der Waals surface area contributed by atoms with Gasteiger partial charge < -0.3 is 5.32 Å². The van der Waals surface area contributed by atoms with Gasteiger partial charge in [-0.15, -0.1) is 0 Å². The highest BCUT2D eigenvalue weighted by molar-refractivity contribution is 5.08. The molecule has 1 aliphatic heterocycles. The van der Waals surface area contributed by atoms with Gasteiger partial charge in [-0.2, -0.15) is 0 Å². The van der Waals surface area contributed by atoms with Crippen molar-refractivity contribution in [1.82, 2.24) is 5.32 Å². The second kappa shape index (κ2) is 7.89. The zero-order valence-corrected chi connectivity index (χ0v) is 16.1. The third-order valence-electron chi connectivity index (χ3n) is 8.08. The average Bonchev–Trinajstić information content (AvgIpc) is 2.88. The highest BCUT2D eigenvalue weighted by atomic mass is 15.0. The third kappa shape index (κ3) is 3.65. The first-order valence-corrected chi connectivity index (χ1v) is 10.9. The minimum Gasteiger partial charge on any atom is -0.313 e. The van der Waals surface area contributed by atoms with Gasteiger partial charge in [-0.3, -0.25) is 0 Å². The van der Waals surface area contributed by atoms with Crippen LogP contribution in [0.4, 0.5) is 0 Å². The van der Waals surface area contributed by atoms with E-state index in [-0.39, 0.29) is 0 Å². The molecule has 0 aromatic carbocycles. The molecular formula is C22H41N. The Bertz CT molecular complexity index is 365. The minimum absolute atomic E-state index is 0.638. The van der Waals surface area contributed by atoms with Crippen LogP contribution in [0, 0.1) is 29.1 Å². The Morgan fingerprint density at radius 1 is 0.783 bits per heavy atom. The fraction of sp³-hybridized carbons (Fsp3) is 1.00. The molecule has 0 bridgehead atoms. The van der Waals surface area contributed by atoms with Gasteiger partial charge in [0.2, 0.25) is 0 Å². The Morgan fingerprint density at radius 2 is 1.39 bits per heavy atom. The van der Waals surface area contributed by atoms with Crippen molar-refractivity contribution in [2.24, 2.45) is 29.1 Å². The first kappa shape index (κ1) is 17.8. The van der Waals surface area contributed by atoms with E-state index < -0.39 is 0 Å².